The molecule has 0 unspecified atom stereocenters. The second-order valence-electron chi connectivity index (χ2n) is 10.0. The van der Waals surface area contributed by atoms with Crippen molar-refractivity contribution < 1.29 is 14.4 Å². The molecule has 7 rings (SSSR count). The van der Waals surface area contributed by atoms with E-state index in [0.717, 1.165) is 22.4 Å². The number of nitrogens with zero attached hydrogens (tertiary/aromatic N) is 1. The Balaban J connectivity index is 1.56. The van der Waals surface area contributed by atoms with E-state index in [0.29, 0.717) is 16.0 Å². The van der Waals surface area contributed by atoms with E-state index in [2.05, 4.69) is 4.90 Å². The molecule has 3 atom stereocenters. The van der Waals surface area contributed by atoms with E-state index < -0.39 is 23.4 Å². The van der Waals surface area contributed by atoms with Gasteiger partial charge in [-0.15, -0.1) is 11.3 Å². The molecule has 1 fully saturated rings. The summed E-state index contributed by atoms with van der Waals surface area (Å²) in [6, 6.07) is 25.3. The number of rotatable bonds is 3. The van der Waals surface area contributed by atoms with Crippen LogP contribution in [0.4, 0.5) is 5.69 Å². The molecule has 1 aromatic heterocycles. The van der Waals surface area contributed by atoms with Crippen molar-refractivity contribution in [1.29, 1.82) is 0 Å². The Morgan fingerprint density at radius 3 is 2.19 bits per heavy atom. The van der Waals surface area contributed by atoms with Gasteiger partial charge in [-0.2, -0.15) is 0 Å². The Labute approximate surface area is 218 Å². The van der Waals surface area contributed by atoms with Crippen LogP contribution in [0.5, 0.6) is 0 Å². The van der Waals surface area contributed by atoms with Crippen LogP contribution in [0.25, 0.3) is 6.08 Å². The number of aryl methyl sites for hydroxylation is 1. The number of carbonyl (C=O) groups excluding carboxylic acids is 3. The first-order valence-electron chi connectivity index (χ1n) is 12.4. The van der Waals surface area contributed by atoms with Crippen LogP contribution in [0.1, 0.15) is 53.0 Å². The molecule has 4 nitrogen and oxygen atoms in total. The van der Waals surface area contributed by atoms with E-state index in [1.165, 1.54) is 11.3 Å². The third-order valence-corrected chi connectivity index (χ3v) is 9.07. The maximum absolute atomic E-state index is 14.5. The van der Waals surface area contributed by atoms with Crippen LogP contribution in [-0.4, -0.2) is 29.4 Å². The van der Waals surface area contributed by atoms with E-state index in [1.54, 1.807) is 24.3 Å². The van der Waals surface area contributed by atoms with Gasteiger partial charge in [0.05, 0.1) is 10.9 Å². The molecule has 0 bridgehead atoms. The van der Waals surface area contributed by atoms with Gasteiger partial charge in [-0.25, -0.2) is 0 Å². The summed E-state index contributed by atoms with van der Waals surface area (Å²) in [5.41, 5.74) is 3.19. The molecule has 0 amide bonds. The minimum atomic E-state index is -1.44. The number of hydrogen-bond donors (Lipinski definition) is 0. The van der Waals surface area contributed by atoms with Gasteiger partial charge in [0, 0.05) is 22.7 Å². The summed E-state index contributed by atoms with van der Waals surface area (Å²) in [7, 11) is 0. The molecule has 180 valence electrons. The molecule has 37 heavy (non-hydrogen) atoms. The van der Waals surface area contributed by atoms with E-state index in [1.807, 2.05) is 85.1 Å². The molecule has 0 N–H and O–H groups in total. The summed E-state index contributed by atoms with van der Waals surface area (Å²) in [5.74, 6) is -1.11. The normalized spacial score (nSPS) is 22.7. The van der Waals surface area contributed by atoms with Crippen molar-refractivity contribution in [3.05, 3.63) is 129 Å². The topological polar surface area (TPSA) is 54.5 Å². The van der Waals surface area contributed by atoms with Crippen LogP contribution in [-0.2, 0) is 0 Å². The SMILES string of the molecule is Cc1ccc([C@@H]2[C@@H](C(=O)c3cccs3)N3c4ccccc4C=C[C@@H]3C23C(=O)c2ccccc2C3=O)cc1. The van der Waals surface area contributed by atoms with Gasteiger partial charge >= 0.3 is 0 Å². The standard InChI is InChI=1S/C32H23NO3S/c1-19-12-14-21(15-13-19)27-28(29(34)25-11-6-18-37-25)33-24-10-5-2-7-20(24)16-17-26(33)32(27)30(35)22-8-3-4-9-23(22)31(32)36/h2-18,26-28H,1H3/t26-,27-,28+/m1/s1. The van der Waals surface area contributed by atoms with Gasteiger partial charge < -0.3 is 4.90 Å². The summed E-state index contributed by atoms with van der Waals surface area (Å²) in [5, 5.41) is 1.89. The fourth-order valence-corrected chi connectivity index (χ4v) is 7.33. The number of benzene rings is 3. The smallest absolute Gasteiger partial charge is 0.195 e. The minimum absolute atomic E-state index is 0.0656. The van der Waals surface area contributed by atoms with Gasteiger partial charge in [0.15, 0.2) is 17.3 Å². The zero-order valence-electron chi connectivity index (χ0n) is 20.1. The molecule has 1 aliphatic carbocycles. The summed E-state index contributed by atoms with van der Waals surface area (Å²) in [6.45, 7) is 2.01. The molecule has 2 aliphatic heterocycles. The molecule has 4 aromatic rings. The highest BCUT2D eigenvalue weighted by Gasteiger charge is 2.71. The Kier molecular flexibility index (Phi) is 4.76. The van der Waals surface area contributed by atoms with E-state index in [9.17, 15) is 14.4 Å². The van der Waals surface area contributed by atoms with Gasteiger partial charge in [0.25, 0.3) is 0 Å². The van der Waals surface area contributed by atoms with E-state index in [4.69, 9.17) is 0 Å². The third-order valence-electron chi connectivity index (χ3n) is 8.18. The lowest BCUT2D eigenvalue weighted by atomic mass is 9.64. The molecule has 3 heterocycles. The first-order valence-corrected chi connectivity index (χ1v) is 13.3. The zero-order valence-corrected chi connectivity index (χ0v) is 20.9. The zero-order chi connectivity index (χ0) is 25.3. The molecule has 0 radical (unpaired) electrons. The fourth-order valence-electron chi connectivity index (χ4n) is 6.63. The van der Waals surface area contributed by atoms with Gasteiger partial charge in [0.1, 0.15) is 11.5 Å². The highest BCUT2D eigenvalue weighted by Crippen LogP contribution is 2.61. The number of para-hydroxylation sites is 1. The van der Waals surface area contributed by atoms with Gasteiger partial charge in [-0.05, 0) is 35.6 Å². The summed E-state index contributed by atoms with van der Waals surface area (Å²) < 4.78 is 0. The Morgan fingerprint density at radius 2 is 1.51 bits per heavy atom. The van der Waals surface area contributed by atoms with Crippen LogP contribution in [0.2, 0.25) is 0 Å². The van der Waals surface area contributed by atoms with Crippen LogP contribution >= 0.6 is 11.3 Å². The van der Waals surface area contributed by atoms with Crippen LogP contribution in [0.3, 0.4) is 0 Å². The average molecular weight is 502 g/mol. The van der Waals surface area contributed by atoms with Crippen LogP contribution in [0.15, 0.2) is 96.4 Å². The lowest BCUT2D eigenvalue weighted by Crippen LogP contribution is -2.48. The fraction of sp³-hybridized carbons (Fsp3) is 0.156. The quantitative estimate of drug-likeness (QED) is 0.242. The molecule has 0 saturated carbocycles. The van der Waals surface area contributed by atoms with Crippen molar-refractivity contribution >= 4 is 40.4 Å². The predicted octanol–water partition coefficient (Wildman–Crippen LogP) is 6.37. The monoisotopic (exact) mass is 501 g/mol. The highest BCUT2D eigenvalue weighted by molar-refractivity contribution is 7.12. The first-order chi connectivity index (χ1) is 18.0. The second-order valence-corrected chi connectivity index (χ2v) is 11.0. The van der Waals surface area contributed by atoms with Crippen LogP contribution in [0, 0.1) is 12.3 Å². The Bertz CT molecular complexity index is 1580. The van der Waals surface area contributed by atoms with Gasteiger partial charge in [0.2, 0.25) is 0 Å². The van der Waals surface area contributed by atoms with Crippen LogP contribution < -0.4 is 4.90 Å². The first kappa shape index (κ1) is 22.1. The second kappa shape index (κ2) is 7.95. The highest BCUT2D eigenvalue weighted by atomic mass is 32.1. The van der Waals surface area contributed by atoms with Crippen molar-refractivity contribution in [2.45, 2.75) is 24.9 Å². The number of thiophene rings is 1. The maximum atomic E-state index is 14.5. The molecule has 1 saturated heterocycles. The number of ketones is 3. The number of carbonyl (C=O) groups is 3. The van der Waals surface area contributed by atoms with Gasteiger partial charge in [-0.1, -0.05) is 90.5 Å². The predicted molar refractivity (Wildman–Crippen MR) is 146 cm³/mol. The summed E-state index contributed by atoms with van der Waals surface area (Å²) in [6.07, 6.45) is 3.96. The van der Waals surface area contributed by atoms with Crippen molar-refractivity contribution in [1.82, 2.24) is 0 Å². The molecule has 1 spiro atoms. The van der Waals surface area contributed by atoms with Gasteiger partial charge in [-0.3, -0.25) is 14.4 Å². The summed E-state index contributed by atoms with van der Waals surface area (Å²) >= 11 is 1.39. The average Bonchev–Trinajstić information content (AvgIpc) is 3.63. The molecule has 3 aliphatic rings. The number of hydrogen-bond acceptors (Lipinski definition) is 5. The van der Waals surface area contributed by atoms with Crippen molar-refractivity contribution in [2.24, 2.45) is 5.41 Å². The third kappa shape index (κ3) is 2.86. The van der Waals surface area contributed by atoms with E-state index in [-0.39, 0.29) is 17.3 Å². The number of anilines is 1. The maximum Gasteiger partial charge on any atom is 0.195 e. The Hall–Kier alpha value is -4.09. The number of Topliss-reactive ketones (excluding diaryl/α,β-unsaturated/α-hetero) is 3. The Morgan fingerprint density at radius 1 is 0.838 bits per heavy atom. The van der Waals surface area contributed by atoms with Crippen molar-refractivity contribution in [2.75, 3.05) is 4.90 Å². The van der Waals surface area contributed by atoms with E-state index >= 15 is 0 Å². The molecule has 3 aromatic carbocycles. The lowest BCUT2D eigenvalue weighted by Gasteiger charge is -2.37. The molecular weight excluding hydrogens is 478 g/mol. The molecular formula is C32H23NO3S. The summed E-state index contributed by atoms with van der Waals surface area (Å²) in [4.78, 5) is 46.1. The largest absolute Gasteiger partial charge is 0.352 e. The minimum Gasteiger partial charge on any atom is -0.352 e. The lowest BCUT2D eigenvalue weighted by molar-refractivity contribution is 0.0666. The van der Waals surface area contributed by atoms with Crippen molar-refractivity contribution in [3.63, 3.8) is 0 Å². The number of fused-ring (bicyclic) bond motifs is 5. The molecule has 5 heteroatoms. The van der Waals surface area contributed by atoms with Crippen molar-refractivity contribution in [3.8, 4) is 0 Å².